The van der Waals surface area contributed by atoms with Gasteiger partial charge in [0, 0.05) is 5.75 Å². The molecule has 3 heterocycles. The monoisotopic (exact) mass is 211 g/mol. The summed E-state index contributed by atoms with van der Waals surface area (Å²) >= 11 is 1.78. The average Bonchev–Trinajstić information content (AvgIpc) is 2.91. The van der Waals surface area contributed by atoms with Gasteiger partial charge in [0.1, 0.15) is 5.03 Å². The lowest BCUT2D eigenvalue weighted by Crippen LogP contribution is -2.18. The standard InChI is InChI=1S/C9H13N3OS/c1-2-8-6(3-7(1)13-8)5-14-9-4-10-12-11-9/h4,6-8H,1-3,5H2,(H,10,11,12). The Bertz CT molecular complexity index is 303. The Morgan fingerprint density at radius 2 is 2.57 bits per heavy atom. The van der Waals surface area contributed by atoms with E-state index in [-0.39, 0.29) is 0 Å². The van der Waals surface area contributed by atoms with Gasteiger partial charge >= 0.3 is 0 Å². The van der Waals surface area contributed by atoms with E-state index in [0.29, 0.717) is 12.2 Å². The third kappa shape index (κ3) is 1.54. The summed E-state index contributed by atoms with van der Waals surface area (Å²) in [6, 6.07) is 0. The Morgan fingerprint density at radius 1 is 1.57 bits per heavy atom. The minimum atomic E-state index is 0.527. The number of H-pyrrole nitrogens is 1. The van der Waals surface area contributed by atoms with E-state index < -0.39 is 0 Å². The smallest absolute Gasteiger partial charge is 0.138 e. The van der Waals surface area contributed by atoms with Crippen LogP contribution >= 0.6 is 11.8 Å². The molecule has 1 N–H and O–H groups in total. The molecule has 0 radical (unpaired) electrons. The van der Waals surface area contributed by atoms with Gasteiger partial charge in [-0.15, -0.1) is 16.9 Å². The lowest BCUT2D eigenvalue weighted by molar-refractivity contribution is 0.0954. The van der Waals surface area contributed by atoms with Crippen molar-refractivity contribution in [2.75, 3.05) is 5.75 Å². The number of aromatic nitrogens is 3. The molecule has 0 saturated carbocycles. The maximum Gasteiger partial charge on any atom is 0.138 e. The number of thioether (sulfide) groups is 1. The van der Waals surface area contributed by atoms with Gasteiger partial charge in [-0.2, -0.15) is 10.3 Å². The van der Waals surface area contributed by atoms with Gasteiger partial charge in [-0.3, -0.25) is 0 Å². The average molecular weight is 211 g/mol. The molecule has 14 heavy (non-hydrogen) atoms. The topological polar surface area (TPSA) is 50.8 Å². The Kier molecular flexibility index (Phi) is 2.21. The molecular weight excluding hydrogens is 198 g/mol. The zero-order chi connectivity index (χ0) is 9.38. The summed E-state index contributed by atoms with van der Waals surface area (Å²) < 4.78 is 5.80. The van der Waals surface area contributed by atoms with Crippen molar-refractivity contribution >= 4 is 11.8 Å². The predicted molar refractivity (Wildman–Crippen MR) is 53.1 cm³/mol. The third-order valence-electron chi connectivity index (χ3n) is 3.07. The van der Waals surface area contributed by atoms with Gasteiger partial charge in [-0.25, -0.2) is 0 Å². The van der Waals surface area contributed by atoms with Crippen LogP contribution in [0.1, 0.15) is 19.3 Å². The highest BCUT2D eigenvalue weighted by Crippen LogP contribution is 2.40. The van der Waals surface area contributed by atoms with Gasteiger partial charge in [-0.1, -0.05) is 0 Å². The van der Waals surface area contributed by atoms with Crippen LogP contribution < -0.4 is 0 Å². The Labute approximate surface area is 86.8 Å². The molecule has 2 bridgehead atoms. The van der Waals surface area contributed by atoms with Gasteiger partial charge in [0.05, 0.1) is 18.4 Å². The quantitative estimate of drug-likeness (QED) is 0.769. The second-order valence-electron chi connectivity index (χ2n) is 3.99. The molecule has 3 rings (SSSR count). The molecule has 0 aliphatic carbocycles. The van der Waals surface area contributed by atoms with E-state index in [4.69, 9.17) is 4.74 Å². The molecule has 76 valence electrons. The van der Waals surface area contributed by atoms with E-state index in [9.17, 15) is 0 Å². The van der Waals surface area contributed by atoms with Gasteiger partial charge in [-0.05, 0) is 25.2 Å². The van der Waals surface area contributed by atoms with Gasteiger partial charge < -0.3 is 4.74 Å². The summed E-state index contributed by atoms with van der Waals surface area (Å²) in [7, 11) is 0. The second-order valence-corrected chi connectivity index (χ2v) is 5.03. The number of ether oxygens (including phenoxy) is 1. The van der Waals surface area contributed by atoms with Crippen LogP contribution in [0.15, 0.2) is 11.2 Å². The van der Waals surface area contributed by atoms with E-state index >= 15 is 0 Å². The molecular formula is C9H13N3OS. The maximum absolute atomic E-state index is 5.80. The second kappa shape index (κ2) is 3.55. The number of hydrogen-bond acceptors (Lipinski definition) is 4. The highest BCUT2D eigenvalue weighted by atomic mass is 32.2. The van der Waals surface area contributed by atoms with Crippen LogP contribution in [0.4, 0.5) is 0 Å². The molecule has 2 saturated heterocycles. The van der Waals surface area contributed by atoms with Crippen LogP contribution in [-0.4, -0.2) is 33.4 Å². The first-order chi connectivity index (χ1) is 6.92. The molecule has 2 fully saturated rings. The van der Waals surface area contributed by atoms with Crippen molar-refractivity contribution in [2.24, 2.45) is 5.92 Å². The minimum absolute atomic E-state index is 0.527. The lowest BCUT2D eigenvalue weighted by Gasteiger charge is -2.16. The molecule has 0 amide bonds. The first-order valence-electron chi connectivity index (χ1n) is 5.06. The Balaban J connectivity index is 1.54. The van der Waals surface area contributed by atoms with E-state index in [1.54, 1.807) is 18.0 Å². The van der Waals surface area contributed by atoms with E-state index in [2.05, 4.69) is 15.4 Å². The fourth-order valence-corrected chi connectivity index (χ4v) is 3.34. The summed E-state index contributed by atoms with van der Waals surface area (Å²) in [5.74, 6) is 1.85. The molecule has 0 spiro atoms. The normalized spacial score (nSPS) is 35.3. The van der Waals surface area contributed by atoms with Crippen molar-refractivity contribution in [1.82, 2.24) is 15.4 Å². The van der Waals surface area contributed by atoms with Crippen LogP contribution in [0, 0.1) is 5.92 Å². The molecule has 2 aliphatic heterocycles. The minimum Gasteiger partial charge on any atom is -0.375 e. The predicted octanol–water partition coefficient (Wildman–Crippen LogP) is 1.46. The molecule has 2 aliphatic rings. The molecule has 4 nitrogen and oxygen atoms in total. The summed E-state index contributed by atoms with van der Waals surface area (Å²) in [6.07, 6.45) is 6.64. The van der Waals surface area contributed by atoms with Crippen molar-refractivity contribution in [3.05, 3.63) is 6.20 Å². The fourth-order valence-electron chi connectivity index (χ4n) is 2.37. The van der Waals surface area contributed by atoms with Crippen molar-refractivity contribution < 1.29 is 4.74 Å². The van der Waals surface area contributed by atoms with Gasteiger partial charge in [0.15, 0.2) is 0 Å². The molecule has 1 aromatic heterocycles. The highest BCUT2D eigenvalue weighted by molar-refractivity contribution is 7.99. The molecule has 3 atom stereocenters. The summed E-state index contributed by atoms with van der Waals surface area (Å²) in [4.78, 5) is 0. The number of fused-ring (bicyclic) bond motifs is 2. The maximum atomic E-state index is 5.80. The Hall–Kier alpha value is -0.550. The zero-order valence-electron chi connectivity index (χ0n) is 7.85. The third-order valence-corrected chi connectivity index (χ3v) is 4.16. The highest BCUT2D eigenvalue weighted by Gasteiger charge is 2.40. The number of aromatic amines is 1. The van der Waals surface area contributed by atoms with Crippen molar-refractivity contribution in [3.63, 3.8) is 0 Å². The number of hydrogen-bond donors (Lipinski definition) is 1. The fraction of sp³-hybridized carbons (Fsp3) is 0.778. The molecule has 5 heteroatoms. The first-order valence-corrected chi connectivity index (χ1v) is 6.04. The van der Waals surface area contributed by atoms with Crippen LogP contribution in [0.5, 0.6) is 0 Å². The van der Waals surface area contributed by atoms with Crippen LogP contribution in [0.2, 0.25) is 0 Å². The Morgan fingerprint density at radius 3 is 3.21 bits per heavy atom. The van der Waals surface area contributed by atoms with E-state index in [1.807, 2.05) is 0 Å². The number of rotatable bonds is 3. The van der Waals surface area contributed by atoms with Crippen LogP contribution in [0.25, 0.3) is 0 Å². The number of nitrogens with zero attached hydrogens (tertiary/aromatic N) is 2. The zero-order valence-corrected chi connectivity index (χ0v) is 8.67. The van der Waals surface area contributed by atoms with Crippen LogP contribution in [-0.2, 0) is 4.74 Å². The van der Waals surface area contributed by atoms with Crippen molar-refractivity contribution in [3.8, 4) is 0 Å². The first kappa shape index (κ1) is 8.73. The molecule has 1 aromatic rings. The molecule has 0 aromatic carbocycles. The lowest BCUT2D eigenvalue weighted by atomic mass is 9.91. The van der Waals surface area contributed by atoms with Gasteiger partial charge in [0.2, 0.25) is 0 Å². The SMILES string of the molecule is c1n[nH]nc1SCC1CC2CCC1O2. The summed E-state index contributed by atoms with van der Waals surface area (Å²) in [5, 5.41) is 11.4. The van der Waals surface area contributed by atoms with Crippen molar-refractivity contribution in [1.29, 1.82) is 0 Å². The van der Waals surface area contributed by atoms with E-state index in [0.717, 1.165) is 16.7 Å². The van der Waals surface area contributed by atoms with E-state index in [1.165, 1.54) is 19.3 Å². The summed E-state index contributed by atoms with van der Waals surface area (Å²) in [5.41, 5.74) is 0. The van der Waals surface area contributed by atoms with Crippen molar-refractivity contribution in [2.45, 2.75) is 36.5 Å². The summed E-state index contributed by atoms with van der Waals surface area (Å²) in [6.45, 7) is 0. The largest absolute Gasteiger partial charge is 0.375 e. The van der Waals surface area contributed by atoms with Gasteiger partial charge in [0.25, 0.3) is 0 Å². The number of nitrogens with one attached hydrogen (secondary N) is 1. The molecule has 3 unspecified atom stereocenters. The van der Waals surface area contributed by atoms with Crippen LogP contribution in [0.3, 0.4) is 0 Å².